The van der Waals surface area contributed by atoms with Gasteiger partial charge in [-0.15, -0.1) is 0 Å². The molecule has 0 aliphatic heterocycles. The number of aromatic nitrogens is 4. The number of nitrogens with two attached hydrogens (primary N) is 1. The predicted octanol–water partition coefficient (Wildman–Crippen LogP) is 0.972. The molecule has 0 unspecified atom stereocenters. The van der Waals surface area contributed by atoms with Gasteiger partial charge >= 0.3 is 0 Å². The van der Waals surface area contributed by atoms with Crippen LogP contribution >= 0.6 is 0 Å². The highest BCUT2D eigenvalue weighted by Crippen LogP contribution is 2.13. The van der Waals surface area contributed by atoms with Gasteiger partial charge in [0, 0.05) is 7.05 Å². The molecule has 2 rings (SSSR count). The Balaban J connectivity index is 0.000000396. The second kappa shape index (κ2) is 3.84. The smallest absolute Gasteiger partial charge is 0.163 e. The van der Waals surface area contributed by atoms with Gasteiger partial charge in [-0.05, 0) is 0 Å². The molecule has 0 saturated carbocycles. The van der Waals surface area contributed by atoms with E-state index in [4.69, 9.17) is 5.73 Å². The Bertz CT molecular complexity index is 392. The molecular weight excluding hydrogens is 166 g/mol. The van der Waals surface area contributed by atoms with Crippen molar-refractivity contribution in [2.24, 2.45) is 7.05 Å². The van der Waals surface area contributed by atoms with Crippen LogP contribution in [0.4, 0.5) is 5.82 Å². The van der Waals surface area contributed by atoms with Crippen molar-refractivity contribution in [2.45, 2.75) is 13.8 Å². The molecule has 2 heterocycles. The molecule has 70 valence electrons. The number of nitrogens with zero attached hydrogens (tertiary/aromatic N) is 4. The van der Waals surface area contributed by atoms with Crippen LogP contribution in [0.2, 0.25) is 0 Å². The molecule has 0 bridgehead atoms. The Morgan fingerprint density at radius 1 is 1.31 bits per heavy atom. The van der Waals surface area contributed by atoms with E-state index in [1.54, 1.807) is 10.9 Å². The third kappa shape index (κ3) is 1.58. The molecule has 0 saturated heterocycles. The fraction of sp³-hybridized carbons (Fsp3) is 0.375. The van der Waals surface area contributed by atoms with Crippen LogP contribution in [-0.4, -0.2) is 19.7 Å². The van der Waals surface area contributed by atoms with E-state index in [0.29, 0.717) is 5.82 Å². The average Bonchev–Trinajstić information content (AvgIpc) is 2.53. The van der Waals surface area contributed by atoms with Crippen molar-refractivity contribution in [3.05, 3.63) is 12.5 Å². The van der Waals surface area contributed by atoms with E-state index < -0.39 is 0 Å². The van der Waals surface area contributed by atoms with Crippen LogP contribution in [-0.2, 0) is 7.05 Å². The second-order valence-electron chi connectivity index (χ2n) is 2.26. The number of anilines is 1. The summed E-state index contributed by atoms with van der Waals surface area (Å²) in [6, 6.07) is 0. The number of hydrogen-bond donors (Lipinski definition) is 1. The zero-order chi connectivity index (χ0) is 9.84. The monoisotopic (exact) mass is 179 g/mol. The summed E-state index contributed by atoms with van der Waals surface area (Å²) in [5, 5.41) is 4.79. The first-order valence-electron chi connectivity index (χ1n) is 4.17. The lowest BCUT2D eigenvalue weighted by atomic mass is 10.4. The molecule has 0 radical (unpaired) electrons. The minimum atomic E-state index is 0.475. The summed E-state index contributed by atoms with van der Waals surface area (Å²) < 4.78 is 1.66. The molecule has 0 atom stereocenters. The minimum absolute atomic E-state index is 0.475. The molecule has 2 N–H and O–H groups in total. The predicted molar refractivity (Wildman–Crippen MR) is 52.1 cm³/mol. The fourth-order valence-electron chi connectivity index (χ4n) is 0.980. The Labute approximate surface area is 76.6 Å². The molecule has 2 aromatic rings. The maximum Gasteiger partial charge on any atom is 0.163 e. The third-order valence-corrected chi connectivity index (χ3v) is 1.56. The van der Waals surface area contributed by atoms with Crippen molar-refractivity contribution in [2.75, 3.05) is 5.73 Å². The molecule has 13 heavy (non-hydrogen) atoms. The summed E-state index contributed by atoms with van der Waals surface area (Å²) in [5.74, 6) is 0.475. The molecular formula is C8H13N5. The van der Waals surface area contributed by atoms with Crippen molar-refractivity contribution in [1.29, 1.82) is 0 Å². The van der Waals surface area contributed by atoms with E-state index in [0.717, 1.165) is 11.0 Å². The van der Waals surface area contributed by atoms with Gasteiger partial charge in [0.25, 0.3) is 0 Å². The van der Waals surface area contributed by atoms with Crippen LogP contribution in [0.3, 0.4) is 0 Å². The van der Waals surface area contributed by atoms with Gasteiger partial charge in [-0.25, -0.2) is 9.97 Å². The highest BCUT2D eigenvalue weighted by molar-refractivity contribution is 5.84. The Morgan fingerprint density at radius 2 is 2.00 bits per heavy atom. The van der Waals surface area contributed by atoms with Gasteiger partial charge in [-0.1, -0.05) is 13.8 Å². The Morgan fingerprint density at radius 3 is 2.62 bits per heavy atom. The van der Waals surface area contributed by atoms with Gasteiger partial charge < -0.3 is 5.73 Å². The van der Waals surface area contributed by atoms with Crippen LogP contribution in [0.1, 0.15) is 13.8 Å². The van der Waals surface area contributed by atoms with E-state index in [2.05, 4.69) is 15.1 Å². The lowest BCUT2D eigenvalue weighted by Crippen LogP contribution is -1.95. The molecule has 5 heteroatoms. The first kappa shape index (κ1) is 9.44. The van der Waals surface area contributed by atoms with E-state index >= 15 is 0 Å². The minimum Gasteiger partial charge on any atom is -0.383 e. The van der Waals surface area contributed by atoms with Crippen molar-refractivity contribution in [1.82, 2.24) is 19.7 Å². The van der Waals surface area contributed by atoms with Gasteiger partial charge in [0.1, 0.15) is 12.1 Å². The van der Waals surface area contributed by atoms with Crippen LogP contribution < -0.4 is 5.73 Å². The third-order valence-electron chi connectivity index (χ3n) is 1.56. The molecule has 0 fully saturated rings. The maximum absolute atomic E-state index is 5.57. The van der Waals surface area contributed by atoms with E-state index in [1.165, 1.54) is 6.33 Å². The van der Waals surface area contributed by atoms with Gasteiger partial charge in [0.05, 0.1) is 11.6 Å². The summed E-state index contributed by atoms with van der Waals surface area (Å²) in [7, 11) is 1.81. The van der Waals surface area contributed by atoms with Crippen LogP contribution in [0.25, 0.3) is 11.0 Å². The van der Waals surface area contributed by atoms with Crippen molar-refractivity contribution < 1.29 is 0 Å². The van der Waals surface area contributed by atoms with Crippen molar-refractivity contribution in [3.8, 4) is 0 Å². The van der Waals surface area contributed by atoms with E-state index in [-0.39, 0.29) is 0 Å². The normalized spacial score (nSPS) is 9.46. The molecule has 0 aliphatic rings. The molecule has 0 aromatic carbocycles. The fourth-order valence-corrected chi connectivity index (χ4v) is 0.980. The number of hydrogen-bond acceptors (Lipinski definition) is 4. The first-order valence-corrected chi connectivity index (χ1v) is 4.17. The lowest BCUT2D eigenvalue weighted by Gasteiger charge is -1.93. The summed E-state index contributed by atoms with van der Waals surface area (Å²) >= 11 is 0. The zero-order valence-electron chi connectivity index (χ0n) is 8.02. The van der Waals surface area contributed by atoms with Gasteiger partial charge in [-0.2, -0.15) is 5.10 Å². The number of rotatable bonds is 0. The lowest BCUT2D eigenvalue weighted by molar-refractivity contribution is 0.785. The molecule has 0 aliphatic carbocycles. The quantitative estimate of drug-likeness (QED) is 0.654. The topological polar surface area (TPSA) is 69.6 Å². The zero-order valence-corrected chi connectivity index (χ0v) is 8.02. The van der Waals surface area contributed by atoms with E-state index in [1.807, 2.05) is 20.9 Å². The van der Waals surface area contributed by atoms with Crippen LogP contribution in [0.15, 0.2) is 12.5 Å². The summed E-state index contributed by atoms with van der Waals surface area (Å²) in [6.07, 6.45) is 3.09. The SMILES string of the molecule is CC.Cn1ncc2c(N)ncnc21. The van der Waals surface area contributed by atoms with Gasteiger partial charge in [0.15, 0.2) is 5.65 Å². The second-order valence-corrected chi connectivity index (χ2v) is 2.26. The first-order chi connectivity index (χ1) is 6.29. The highest BCUT2D eigenvalue weighted by Gasteiger charge is 2.02. The largest absolute Gasteiger partial charge is 0.383 e. The standard InChI is InChI=1S/C6H7N5.C2H6/c1-11-6-4(2-10-11)5(7)8-3-9-6;1-2/h2-3H,1H3,(H2,7,8,9);1-2H3. The van der Waals surface area contributed by atoms with Gasteiger partial charge in [-0.3, -0.25) is 4.68 Å². The Hall–Kier alpha value is -1.65. The summed E-state index contributed by atoms with van der Waals surface area (Å²) in [5.41, 5.74) is 6.33. The van der Waals surface area contributed by atoms with Crippen LogP contribution in [0, 0.1) is 0 Å². The summed E-state index contributed by atoms with van der Waals surface area (Å²) in [4.78, 5) is 7.84. The molecule has 2 aromatic heterocycles. The molecule has 0 spiro atoms. The Kier molecular flexibility index (Phi) is 2.79. The highest BCUT2D eigenvalue weighted by atomic mass is 15.3. The van der Waals surface area contributed by atoms with Gasteiger partial charge in [0.2, 0.25) is 0 Å². The molecule has 5 nitrogen and oxygen atoms in total. The van der Waals surface area contributed by atoms with E-state index in [9.17, 15) is 0 Å². The van der Waals surface area contributed by atoms with Crippen molar-refractivity contribution in [3.63, 3.8) is 0 Å². The maximum atomic E-state index is 5.57. The number of nitrogen functional groups attached to an aromatic ring is 1. The molecule has 0 amide bonds. The van der Waals surface area contributed by atoms with Crippen molar-refractivity contribution >= 4 is 16.9 Å². The number of aryl methyl sites for hydroxylation is 1. The average molecular weight is 179 g/mol. The summed E-state index contributed by atoms with van der Waals surface area (Å²) in [6.45, 7) is 4.00. The van der Waals surface area contributed by atoms with Crippen LogP contribution in [0.5, 0.6) is 0 Å². The number of fused-ring (bicyclic) bond motifs is 1.